The Kier molecular flexibility index (Phi) is 39.6. The number of aryl methyl sites for hydroxylation is 5. The largest absolute Gasteiger partial charge is 0.305 e. The summed E-state index contributed by atoms with van der Waals surface area (Å²) >= 11 is 0. The fourth-order valence-electron chi connectivity index (χ4n) is 17.8. The van der Waals surface area contributed by atoms with Crippen molar-refractivity contribution in [2.45, 2.75) is 60.8 Å². The van der Waals surface area contributed by atoms with E-state index in [-0.39, 0.29) is 60.3 Å². The molecule has 0 fully saturated rings. The standard InChI is InChI=1S/3C17H12N.2C14H14N.C13H12N.C12H10N.3C11H8N.3Ir/c1-3-7-14(8-4-1)16-11-12-17(18-13-16)15-9-5-2-6-10-15;1-2-7-14(8-3-1)15-9-6-10-16(13-15)17-11-4-5-12-18-17;1-2-6-14(7-3-1)15-9-11-16(12-10-15)17-8-4-5-13-18-17;1-10-3-5-13-12(7-10)9-15-8-11(2)4-6-14(13)15;1-10-7-14-13-6-4-3-5-12(13)9-15(14)8-11(10)2;1-10-5-4-8-14-9-11-6-2-3-7-12(11)13(10)14;1-2-6-11-10(5-1)9-13-8-4-3-7-12(11)13;3*1-2-6-10(7-3-1)11-8-4-5-9-12-11;;;/h2*1-9,11-13H;1-11,13H;2*3-8H,9H2,1-2H3;2-8H,9H2,1H3;1-8H,9H2;3*1-6,8-9H;;;/q3*-1;4*+1;3*-1;;;. The van der Waals surface area contributed by atoms with Gasteiger partial charge in [0.1, 0.15) is 0 Å². The zero-order chi connectivity index (χ0) is 100. The van der Waals surface area contributed by atoms with Crippen LogP contribution in [0, 0.1) is 71.0 Å². The van der Waals surface area contributed by atoms with Gasteiger partial charge in [0.05, 0.1) is 22.3 Å². The zero-order valence-corrected chi connectivity index (χ0v) is 91.2. The van der Waals surface area contributed by atoms with Gasteiger partial charge >= 0.3 is 0 Å². The van der Waals surface area contributed by atoms with E-state index in [2.05, 4.69) is 350 Å². The van der Waals surface area contributed by atoms with Gasteiger partial charge in [0.25, 0.3) is 0 Å². The predicted molar refractivity (Wildman–Crippen MR) is 596 cm³/mol. The molecule has 150 heavy (non-hydrogen) atoms. The predicted octanol–water partition coefficient (Wildman–Crippen LogP) is 29.8. The molecule has 0 atom stereocenters. The molecule has 0 spiro atoms. The summed E-state index contributed by atoms with van der Waals surface area (Å²) in [4.78, 5) is 25.8. The van der Waals surface area contributed by atoms with Crippen molar-refractivity contribution in [2.24, 2.45) is 0 Å². The number of pyridine rings is 10. The number of hydrogen-bond acceptors (Lipinski definition) is 6. The maximum Gasteiger partial charge on any atom is 0.216 e. The van der Waals surface area contributed by atoms with Crippen molar-refractivity contribution in [3.63, 3.8) is 0 Å². The Morgan fingerprint density at radius 1 is 0.207 bits per heavy atom. The molecular formula is C137H110Ir3N10-2. The second kappa shape index (κ2) is 55.2. The first-order valence-corrected chi connectivity index (χ1v) is 49.4. The smallest absolute Gasteiger partial charge is 0.216 e. The second-order valence-electron chi connectivity index (χ2n) is 35.6. The normalized spacial score (nSPS) is 10.7. The van der Waals surface area contributed by atoms with Gasteiger partial charge in [0.2, 0.25) is 22.8 Å². The zero-order valence-electron chi connectivity index (χ0n) is 84.0. The van der Waals surface area contributed by atoms with Crippen molar-refractivity contribution < 1.29 is 78.6 Å². The molecule has 0 aliphatic carbocycles. The Morgan fingerprint density at radius 2 is 0.593 bits per heavy atom. The minimum Gasteiger partial charge on any atom is -0.305 e. The van der Waals surface area contributed by atoms with Crippen molar-refractivity contribution in [1.82, 2.24) is 29.9 Å². The maximum absolute atomic E-state index is 4.49. The number of aromatic nitrogens is 10. The monoisotopic (exact) mass is 2470 g/mol. The second-order valence-corrected chi connectivity index (χ2v) is 35.6. The summed E-state index contributed by atoms with van der Waals surface area (Å²) in [6.07, 6.45) is 19.6. The molecule has 0 unspecified atom stereocenters. The van der Waals surface area contributed by atoms with Crippen LogP contribution in [0.5, 0.6) is 0 Å². The van der Waals surface area contributed by atoms with Gasteiger partial charge < -0.3 is 29.9 Å². The molecule has 0 saturated carbocycles. The molecule has 0 N–H and O–H groups in total. The Labute approximate surface area is 922 Å². The first-order chi connectivity index (χ1) is 72.5. The van der Waals surface area contributed by atoms with E-state index in [1.54, 1.807) is 31.0 Å². The van der Waals surface area contributed by atoms with Gasteiger partial charge in [-0.1, -0.05) is 241 Å². The molecule has 14 heterocycles. The van der Waals surface area contributed by atoms with Crippen molar-refractivity contribution >= 4 is 0 Å². The molecule has 27 rings (SSSR count). The molecule has 4 aliphatic rings. The van der Waals surface area contributed by atoms with E-state index in [0.717, 1.165) is 99.3 Å². The molecular weight excluding hydrogens is 2360 g/mol. The minimum atomic E-state index is 0. The van der Waals surface area contributed by atoms with Gasteiger partial charge in [0.15, 0.2) is 51.0 Å². The van der Waals surface area contributed by atoms with Gasteiger partial charge in [-0.25, -0.2) is 0 Å². The topological polar surface area (TPSA) is 92.9 Å². The summed E-state index contributed by atoms with van der Waals surface area (Å²) < 4.78 is 9.27. The SMILES string of the molecule is Cc1cc2[n+](cc1C)Cc1ccccc1-2.Cc1ccc2c(c1)C[n+]1cc(C)ccc1-2.Cc1ccc[n+]2c1-c1ccccc1C2.[Ir].[Ir].[Ir].[c-]1cc(-c2ccccc2)ccc1-c1ccccn1.[c-]1ccc(-c2ccccc2)cc1-c1ccccn1.[c-]1ccccc1-c1ccc(-c2ccccc2)cn1.[c-]1ccccc1-c1ccccn1.[c-]1ccccc1-c1ccccn1.[c-]1ccccc1-c1ccccn1.c1ccc2c(c1)C[n+]1ccccc1-2. The molecule has 10 aromatic heterocycles. The average molecular weight is 2470 g/mol. The summed E-state index contributed by atoms with van der Waals surface area (Å²) in [5, 5.41) is 0. The molecule has 0 amide bonds. The van der Waals surface area contributed by atoms with E-state index in [9.17, 15) is 0 Å². The van der Waals surface area contributed by atoms with Crippen LogP contribution >= 0.6 is 0 Å². The molecule has 23 aromatic rings. The van der Waals surface area contributed by atoms with Gasteiger partial charge in [-0.3, -0.25) is 0 Å². The van der Waals surface area contributed by atoms with Crippen molar-refractivity contribution in [3.8, 4) is 146 Å². The first-order valence-electron chi connectivity index (χ1n) is 49.4. The molecule has 13 aromatic carbocycles. The van der Waals surface area contributed by atoms with Crippen LogP contribution in [0.25, 0.3) is 146 Å². The minimum absolute atomic E-state index is 0. The first kappa shape index (κ1) is 108. The Morgan fingerprint density at radius 3 is 1.08 bits per heavy atom. The molecule has 13 heteroatoms. The van der Waals surface area contributed by atoms with Gasteiger partial charge in [0, 0.05) is 167 Å². The van der Waals surface area contributed by atoms with Crippen LogP contribution in [-0.2, 0) is 86.5 Å². The Balaban J connectivity index is 0.000000125. The van der Waals surface area contributed by atoms with Crippen LogP contribution < -0.4 is 18.3 Å². The van der Waals surface area contributed by atoms with Gasteiger partial charge in [-0.2, -0.15) is 18.3 Å². The van der Waals surface area contributed by atoms with Gasteiger partial charge in [-0.05, 0) is 170 Å². The van der Waals surface area contributed by atoms with Crippen LogP contribution in [0.1, 0.15) is 50.1 Å². The van der Waals surface area contributed by atoms with Crippen LogP contribution in [0.2, 0.25) is 0 Å². The van der Waals surface area contributed by atoms with Crippen LogP contribution in [0.3, 0.4) is 0 Å². The number of nitrogens with zero attached hydrogens (tertiary/aromatic N) is 10. The number of benzene rings is 13. The summed E-state index contributed by atoms with van der Waals surface area (Å²) in [6, 6.07) is 177. The molecule has 0 bridgehead atoms. The van der Waals surface area contributed by atoms with E-state index in [1.807, 2.05) is 267 Å². The third kappa shape index (κ3) is 29.0. The summed E-state index contributed by atoms with van der Waals surface area (Å²) in [7, 11) is 0. The van der Waals surface area contributed by atoms with Crippen molar-refractivity contribution in [1.29, 1.82) is 0 Å². The van der Waals surface area contributed by atoms with Crippen molar-refractivity contribution in [2.75, 3.05) is 0 Å². The third-order valence-corrected chi connectivity index (χ3v) is 25.3. The molecule has 4 aliphatic heterocycles. The number of hydrogen-bond donors (Lipinski definition) is 0. The Bertz CT molecular complexity index is 7450. The quantitative estimate of drug-likeness (QED) is 0.106. The van der Waals surface area contributed by atoms with E-state index in [0.29, 0.717) is 0 Å². The van der Waals surface area contributed by atoms with E-state index >= 15 is 0 Å². The van der Waals surface area contributed by atoms with E-state index in [1.165, 1.54) is 123 Å². The van der Waals surface area contributed by atoms with Crippen LogP contribution in [0.4, 0.5) is 0 Å². The van der Waals surface area contributed by atoms with Crippen LogP contribution in [0.15, 0.2) is 529 Å². The number of rotatable bonds is 9. The van der Waals surface area contributed by atoms with Crippen LogP contribution in [-0.4, -0.2) is 29.9 Å². The Hall–Kier alpha value is -16.7. The van der Waals surface area contributed by atoms with E-state index in [4.69, 9.17) is 0 Å². The summed E-state index contributed by atoms with van der Waals surface area (Å²) in [6.45, 7) is 14.9. The fourth-order valence-corrected chi connectivity index (χ4v) is 17.8. The number of fused-ring (bicyclic) bond motifs is 12. The molecule has 10 nitrogen and oxygen atoms in total. The average Bonchev–Trinajstić information content (AvgIpc) is 1.75. The van der Waals surface area contributed by atoms with Gasteiger partial charge in [-0.15, -0.1) is 209 Å². The van der Waals surface area contributed by atoms with E-state index < -0.39 is 0 Å². The molecule has 737 valence electrons. The summed E-state index contributed by atoms with van der Waals surface area (Å²) in [5.41, 5.74) is 42.5. The fraction of sp³-hybridized carbons (Fsp3) is 0.0657. The third-order valence-electron chi connectivity index (χ3n) is 25.3. The van der Waals surface area contributed by atoms with Crippen molar-refractivity contribution in [3.05, 3.63) is 616 Å². The molecule has 3 radical (unpaired) electrons. The maximum atomic E-state index is 4.49. The summed E-state index contributed by atoms with van der Waals surface area (Å²) in [5.74, 6) is 0. The molecule has 0 saturated heterocycles.